The molecule has 7 heteroatoms. The van der Waals surface area contributed by atoms with Gasteiger partial charge < -0.3 is 10.6 Å². The number of aromatic nitrogens is 1. The number of hydrogen-bond acceptors (Lipinski definition) is 3. The highest BCUT2D eigenvalue weighted by atomic mass is 79.9. The normalized spacial score (nSPS) is 19.2. The van der Waals surface area contributed by atoms with Gasteiger partial charge in [-0.3, -0.25) is 4.98 Å². The van der Waals surface area contributed by atoms with Crippen molar-refractivity contribution in [2.24, 2.45) is 16.6 Å². The Morgan fingerprint density at radius 1 is 1.47 bits per heavy atom. The average molecular weight is 390 g/mol. The van der Waals surface area contributed by atoms with Gasteiger partial charge in [0.05, 0.1) is 5.69 Å². The summed E-state index contributed by atoms with van der Waals surface area (Å²) < 4.78 is 1.66. The molecule has 0 fully saturated rings. The number of rotatable bonds is 3. The molecule has 0 saturated carbocycles. The third-order valence-corrected chi connectivity index (χ3v) is 3.79. The number of hydrogen-bond donors (Lipinski definition) is 1. The van der Waals surface area contributed by atoms with Crippen molar-refractivity contribution in [3.63, 3.8) is 0 Å². The van der Waals surface area contributed by atoms with Crippen LogP contribution in [0.5, 0.6) is 0 Å². The Hall–Kier alpha value is -0.950. The van der Waals surface area contributed by atoms with Crippen molar-refractivity contribution < 1.29 is 4.79 Å². The van der Waals surface area contributed by atoms with Gasteiger partial charge in [-0.05, 0) is 43.8 Å². The minimum absolute atomic E-state index is 0.293. The molecule has 5 nitrogen and oxygen atoms in total. The zero-order chi connectivity index (χ0) is 14.2. The largest absolute Gasteiger partial charge is 0.385 e. The highest BCUT2D eigenvalue weighted by Gasteiger charge is 2.36. The Morgan fingerprint density at radius 2 is 2.16 bits per heavy atom. The lowest BCUT2D eigenvalue weighted by Gasteiger charge is -2.26. The maximum absolute atomic E-state index is 11.9. The van der Waals surface area contributed by atoms with Crippen LogP contribution in [-0.4, -0.2) is 28.3 Å². The number of halogens is 2. The van der Waals surface area contributed by atoms with Crippen molar-refractivity contribution in [1.29, 1.82) is 0 Å². The molecule has 2 N–H and O–H groups in total. The molecular formula is C12H14Br2N4O. The predicted molar refractivity (Wildman–Crippen MR) is 80.9 cm³/mol. The van der Waals surface area contributed by atoms with E-state index in [2.05, 4.69) is 41.8 Å². The van der Waals surface area contributed by atoms with Crippen molar-refractivity contribution >= 4 is 43.7 Å². The number of nitrogens with zero attached hydrogens (tertiary/aromatic N) is 3. The summed E-state index contributed by atoms with van der Waals surface area (Å²) in [6, 6.07) is 1.19. The van der Waals surface area contributed by atoms with Crippen molar-refractivity contribution in [1.82, 2.24) is 9.88 Å². The first-order chi connectivity index (χ1) is 8.90. The van der Waals surface area contributed by atoms with E-state index in [1.54, 1.807) is 11.1 Å². The van der Waals surface area contributed by atoms with Crippen molar-refractivity contribution in [2.45, 2.75) is 19.9 Å². The van der Waals surface area contributed by atoms with Gasteiger partial charge in [0.25, 0.3) is 0 Å². The number of amides is 2. The molecule has 19 heavy (non-hydrogen) atoms. The molecule has 2 heterocycles. The van der Waals surface area contributed by atoms with E-state index in [1.165, 1.54) is 0 Å². The number of urea groups is 1. The molecule has 0 aromatic carbocycles. The lowest BCUT2D eigenvalue weighted by atomic mass is 10.1. The highest BCUT2D eigenvalue weighted by Crippen LogP contribution is 2.32. The minimum atomic E-state index is -0.391. The molecule has 1 aliphatic rings. The van der Waals surface area contributed by atoms with Gasteiger partial charge in [-0.15, -0.1) is 0 Å². The van der Waals surface area contributed by atoms with Gasteiger partial charge in [-0.25, -0.2) is 4.79 Å². The van der Waals surface area contributed by atoms with Crippen LogP contribution in [0.25, 0.3) is 0 Å². The van der Waals surface area contributed by atoms with E-state index in [4.69, 9.17) is 5.73 Å². The molecule has 0 spiro atoms. The van der Waals surface area contributed by atoms with Gasteiger partial charge in [0.15, 0.2) is 0 Å². The topological polar surface area (TPSA) is 71.6 Å². The van der Waals surface area contributed by atoms with Gasteiger partial charge >= 0.3 is 6.03 Å². The molecule has 1 unspecified atom stereocenters. The van der Waals surface area contributed by atoms with Gasteiger partial charge in [0.1, 0.15) is 11.9 Å². The van der Waals surface area contributed by atoms with Crippen LogP contribution in [0.1, 0.15) is 25.6 Å². The molecule has 1 aliphatic heterocycles. The van der Waals surface area contributed by atoms with Gasteiger partial charge in [0, 0.05) is 21.7 Å². The molecule has 1 aromatic rings. The first-order valence-electron chi connectivity index (χ1n) is 5.85. The van der Waals surface area contributed by atoms with Crippen LogP contribution in [0.3, 0.4) is 0 Å². The molecule has 1 atom stereocenters. The van der Waals surface area contributed by atoms with Crippen LogP contribution >= 0.6 is 31.9 Å². The lowest BCUT2D eigenvalue weighted by molar-refractivity contribution is 0.198. The maximum atomic E-state index is 11.9. The summed E-state index contributed by atoms with van der Waals surface area (Å²) in [5.41, 5.74) is 6.59. The predicted octanol–water partition coefficient (Wildman–Crippen LogP) is 3.10. The quantitative estimate of drug-likeness (QED) is 0.863. The second-order valence-electron chi connectivity index (χ2n) is 4.79. The second-order valence-corrected chi connectivity index (χ2v) is 6.56. The van der Waals surface area contributed by atoms with E-state index in [1.807, 2.05) is 19.9 Å². The van der Waals surface area contributed by atoms with E-state index in [0.29, 0.717) is 24.0 Å². The Labute approximate surface area is 128 Å². The van der Waals surface area contributed by atoms with Gasteiger partial charge in [0.2, 0.25) is 0 Å². The van der Waals surface area contributed by atoms with Crippen LogP contribution in [0.4, 0.5) is 4.79 Å². The van der Waals surface area contributed by atoms with Crippen molar-refractivity contribution in [3.8, 4) is 0 Å². The summed E-state index contributed by atoms with van der Waals surface area (Å²) in [6.45, 7) is 4.68. The van der Waals surface area contributed by atoms with Crippen LogP contribution in [0, 0.1) is 5.92 Å². The number of pyridine rings is 1. The van der Waals surface area contributed by atoms with Gasteiger partial charge in [-0.1, -0.05) is 13.8 Å². The molecule has 0 bridgehead atoms. The third kappa shape index (κ3) is 2.97. The zero-order valence-corrected chi connectivity index (χ0v) is 13.8. The van der Waals surface area contributed by atoms with Crippen LogP contribution in [-0.2, 0) is 0 Å². The Balaban J connectivity index is 2.39. The first kappa shape index (κ1) is 14.5. The summed E-state index contributed by atoms with van der Waals surface area (Å²) in [6.07, 6.45) is 1.68. The molecule has 0 radical (unpaired) electrons. The summed E-state index contributed by atoms with van der Waals surface area (Å²) in [4.78, 5) is 21.7. The van der Waals surface area contributed by atoms with E-state index in [9.17, 15) is 4.79 Å². The fourth-order valence-corrected chi connectivity index (χ4v) is 3.20. The number of amidine groups is 1. The Kier molecular flexibility index (Phi) is 4.25. The van der Waals surface area contributed by atoms with E-state index >= 15 is 0 Å². The molecule has 0 saturated heterocycles. The third-order valence-electron chi connectivity index (χ3n) is 2.72. The molecule has 1 aromatic heterocycles. The number of aliphatic imine (C=N–C) groups is 1. The second kappa shape index (κ2) is 5.58. The van der Waals surface area contributed by atoms with Crippen LogP contribution in [0.15, 0.2) is 26.2 Å². The number of nitrogens with two attached hydrogens (primary N) is 1. The number of carbonyl (C=O) groups is 1. The fourth-order valence-electron chi connectivity index (χ4n) is 2.00. The minimum Gasteiger partial charge on any atom is -0.385 e. The standard InChI is InChI=1S/C12H14Br2N4O/c1-6(2)5-18-10(11(15)17-12(18)19)9-8(14)3-7(13)4-16-9/h3-4,6,10H,5H2,1-2H3,(H2,15,17,19). The molecule has 0 aliphatic carbocycles. The Morgan fingerprint density at radius 3 is 2.74 bits per heavy atom. The highest BCUT2D eigenvalue weighted by molar-refractivity contribution is 9.11. The van der Waals surface area contributed by atoms with Gasteiger partial charge in [-0.2, -0.15) is 4.99 Å². The molecular weight excluding hydrogens is 376 g/mol. The molecule has 102 valence electrons. The van der Waals surface area contributed by atoms with E-state index in [0.717, 1.165) is 8.95 Å². The smallest absolute Gasteiger partial charge is 0.346 e. The lowest BCUT2D eigenvalue weighted by Crippen LogP contribution is -2.36. The van der Waals surface area contributed by atoms with Crippen molar-refractivity contribution in [3.05, 3.63) is 26.9 Å². The first-order valence-corrected chi connectivity index (χ1v) is 7.44. The average Bonchev–Trinajstić information content (AvgIpc) is 2.54. The van der Waals surface area contributed by atoms with Crippen LogP contribution < -0.4 is 5.73 Å². The maximum Gasteiger partial charge on any atom is 0.346 e. The zero-order valence-electron chi connectivity index (χ0n) is 10.6. The Bertz CT molecular complexity index is 545. The molecule has 2 rings (SSSR count). The summed E-state index contributed by atoms with van der Waals surface area (Å²) in [5.74, 6) is 0.628. The summed E-state index contributed by atoms with van der Waals surface area (Å²) in [7, 11) is 0. The van der Waals surface area contributed by atoms with E-state index in [-0.39, 0.29) is 6.03 Å². The van der Waals surface area contributed by atoms with Crippen LogP contribution in [0.2, 0.25) is 0 Å². The summed E-state index contributed by atoms with van der Waals surface area (Å²) in [5, 5.41) is 0. The van der Waals surface area contributed by atoms with Crippen molar-refractivity contribution in [2.75, 3.05) is 6.54 Å². The summed E-state index contributed by atoms with van der Waals surface area (Å²) >= 11 is 6.81. The fraction of sp³-hybridized carbons (Fsp3) is 0.417. The van der Waals surface area contributed by atoms with E-state index < -0.39 is 6.04 Å². The number of carbonyl (C=O) groups excluding carboxylic acids is 1. The monoisotopic (exact) mass is 388 g/mol. The molecule has 2 amide bonds. The SMILES string of the molecule is CC(C)CN1C(=O)N=C(N)C1c1ncc(Br)cc1Br.